The van der Waals surface area contributed by atoms with E-state index in [1.807, 2.05) is 0 Å². The Balaban J connectivity index is 1.73. The first-order valence-electron chi connectivity index (χ1n) is 8.20. The molecule has 1 aromatic heterocycles. The molecule has 1 amide bonds. The second-order valence-electron chi connectivity index (χ2n) is 5.67. The van der Waals surface area contributed by atoms with Crippen LogP contribution in [0.3, 0.4) is 0 Å². The average Bonchev–Trinajstić information content (AvgIpc) is 3.13. The van der Waals surface area contributed by atoms with Crippen LogP contribution in [-0.4, -0.2) is 30.1 Å². The third-order valence-electron chi connectivity index (χ3n) is 3.90. The van der Waals surface area contributed by atoms with Gasteiger partial charge in [0.15, 0.2) is 18.1 Å². The van der Waals surface area contributed by atoms with Gasteiger partial charge in [0.2, 0.25) is 0 Å². The highest BCUT2D eigenvalue weighted by atomic mass is 35.5. The molecule has 0 radical (unpaired) electrons. The van der Waals surface area contributed by atoms with Gasteiger partial charge in [0.1, 0.15) is 11.3 Å². The Kier molecular flexibility index (Phi) is 5.61. The van der Waals surface area contributed by atoms with Crippen molar-refractivity contribution in [3.05, 3.63) is 53.4 Å². The Labute approximate surface area is 160 Å². The maximum atomic E-state index is 12.5. The number of anilines is 1. The number of esters is 1. The molecule has 7 nitrogen and oxygen atoms in total. The number of benzene rings is 2. The highest BCUT2D eigenvalue weighted by molar-refractivity contribution is 6.31. The molecule has 0 aliphatic rings. The van der Waals surface area contributed by atoms with Crippen molar-refractivity contribution in [3.63, 3.8) is 0 Å². The molecule has 1 unspecified atom stereocenters. The number of carbonyl (C=O) groups excluding carboxylic acids is 2. The number of hydrogen-bond acceptors (Lipinski definition) is 6. The van der Waals surface area contributed by atoms with E-state index < -0.39 is 18.0 Å². The summed E-state index contributed by atoms with van der Waals surface area (Å²) in [5.74, 6) is -0.662. The van der Waals surface area contributed by atoms with Crippen LogP contribution in [0.4, 0.5) is 5.69 Å². The van der Waals surface area contributed by atoms with Gasteiger partial charge in [-0.3, -0.25) is 4.79 Å². The lowest BCUT2D eigenvalue weighted by Crippen LogP contribution is -2.32. The van der Waals surface area contributed by atoms with E-state index in [0.29, 0.717) is 34.0 Å². The van der Waals surface area contributed by atoms with Crippen LogP contribution in [0.1, 0.15) is 23.7 Å². The largest absolute Gasteiger partial charge is 0.495 e. The molecule has 3 aromatic rings. The normalized spacial score (nSPS) is 11.8. The molecule has 8 heteroatoms. The number of fused-ring (bicyclic) bond motifs is 1. The fourth-order valence-electron chi connectivity index (χ4n) is 2.49. The van der Waals surface area contributed by atoms with Crippen molar-refractivity contribution in [2.24, 2.45) is 0 Å². The third kappa shape index (κ3) is 4.20. The fourth-order valence-corrected chi connectivity index (χ4v) is 2.66. The molecule has 1 atom stereocenters. The number of amides is 1. The monoisotopic (exact) mass is 388 g/mol. The molecule has 140 valence electrons. The van der Waals surface area contributed by atoms with Gasteiger partial charge in [0, 0.05) is 5.02 Å². The van der Waals surface area contributed by atoms with Gasteiger partial charge in [-0.05, 0) is 42.8 Å². The molecule has 0 aliphatic carbocycles. The Morgan fingerprint density at radius 1 is 1.26 bits per heavy atom. The SMILES string of the molecule is CCC(OC(=O)c1ccc2ncoc2c1)C(=O)Nc1cc(Cl)ccc1OC. The van der Waals surface area contributed by atoms with Gasteiger partial charge in [-0.15, -0.1) is 0 Å². The van der Waals surface area contributed by atoms with E-state index in [1.165, 1.54) is 19.6 Å². The first-order chi connectivity index (χ1) is 13.0. The van der Waals surface area contributed by atoms with E-state index in [2.05, 4.69) is 10.3 Å². The van der Waals surface area contributed by atoms with Crippen LogP contribution >= 0.6 is 11.6 Å². The lowest BCUT2D eigenvalue weighted by molar-refractivity contribution is -0.124. The summed E-state index contributed by atoms with van der Waals surface area (Å²) >= 11 is 5.97. The Morgan fingerprint density at radius 3 is 2.81 bits per heavy atom. The van der Waals surface area contributed by atoms with Gasteiger partial charge in [0.05, 0.1) is 18.4 Å². The summed E-state index contributed by atoms with van der Waals surface area (Å²) in [6.45, 7) is 1.74. The number of carbonyl (C=O) groups is 2. The van der Waals surface area contributed by atoms with Gasteiger partial charge < -0.3 is 19.2 Å². The number of nitrogens with zero attached hydrogens (tertiary/aromatic N) is 1. The summed E-state index contributed by atoms with van der Waals surface area (Å²) < 4.78 is 15.7. The molecule has 0 aliphatic heterocycles. The summed E-state index contributed by atoms with van der Waals surface area (Å²) in [4.78, 5) is 28.9. The summed E-state index contributed by atoms with van der Waals surface area (Å²) in [5.41, 5.74) is 1.76. The van der Waals surface area contributed by atoms with E-state index in [9.17, 15) is 9.59 Å². The minimum atomic E-state index is -0.980. The Morgan fingerprint density at radius 2 is 2.07 bits per heavy atom. The zero-order valence-electron chi connectivity index (χ0n) is 14.7. The molecule has 0 saturated carbocycles. The van der Waals surface area contributed by atoms with Gasteiger partial charge in [-0.25, -0.2) is 9.78 Å². The number of methoxy groups -OCH3 is 1. The summed E-state index contributed by atoms with van der Waals surface area (Å²) in [5, 5.41) is 3.12. The van der Waals surface area contributed by atoms with Crippen molar-refractivity contribution in [2.45, 2.75) is 19.4 Å². The molecule has 27 heavy (non-hydrogen) atoms. The molecule has 0 spiro atoms. The van der Waals surface area contributed by atoms with Crippen LogP contribution in [0.15, 0.2) is 47.2 Å². The van der Waals surface area contributed by atoms with Crippen molar-refractivity contribution in [2.75, 3.05) is 12.4 Å². The molecule has 3 rings (SSSR count). The molecular formula is C19H17ClN2O5. The van der Waals surface area contributed by atoms with Crippen molar-refractivity contribution < 1.29 is 23.5 Å². The van der Waals surface area contributed by atoms with E-state index in [0.717, 1.165) is 0 Å². The van der Waals surface area contributed by atoms with Crippen LogP contribution in [0.5, 0.6) is 5.75 Å². The van der Waals surface area contributed by atoms with Crippen LogP contribution in [0, 0.1) is 0 Å². The average molecular weight is 389 g/mol. The molecule has 1 N–H and O–H groups in total. The topological polar surface area (TPSA) is 90.7 Å². The first kappa shape index (κ1) is 18.7. The van der Waals surface area contributed by atoms with Crippen LogP contribution in [0.2, 0.25) is 5.02 Å². The second kappa shape index (κ2) is 8.09. The first-order valence-corrected chi connectivity index (χ1v) is 8.58. The molecule has 0 bridgehead atoms. The molecular weight excluding hydrogens is 372 g/mol. The number of hydrogen-bond donors (Lipinski definition) is 1. The molecule has 2 aromatic carbocycles. The summed E-state index contributed by atoms with van der Waals surface area (Å²) in [6.07, 6.45) is 0.609. The predicted molar refractivity (Wildman–Crippen MR) is 100 cm³/mol. The van der Waals surface area contributed by atoms with Crippen LogP contribution in [0.25, 0.3) is 11.1 Å². The van der Waals surface area contributed by atoms with Crippen molar-refractivity contribution in [1.82, 2.24) is 4.98 Å². The van der Waals surface area contributed by atoms with Gasteiger partial charge >= 0.3 is 5.97 Å². The number of rotatable bonds is 6. The second-order valence-corrected chi connectivity index (χ2v) is 6.11. The minimum Gasteiger partial charge on any atom is -0.495 e. The minimum absolute atomic E-state index is 0.269. The summed E-state index contributed by atoms with van der Waals surface area (Å²) in [7, 11) is 1.48. The molecule has 1 heterocycles. The zero-order valence-corrected chi connectivity index (χ0v) is 15.4. The maximum Gasteiger partial charge on any atom is 0.339 e. The molecule has 0 saturated heterocycles. The lowest BCUT2D eigenvalue weighted by atomic mass is 10.2. The van der Waals surface area contributed by atoms with Gasteiger partial charge in [-0.1, -0.05) is 18.5 Å². The van der Waals surface area contributed by atoms with E-state index in [-0.39, 0.29) is 5.56 Å². The van der Waals surface area contributed by atoms with E-state index in [1.54, 1.807) is 37.3 Å². The van der Waals surface area contributed by atoms with Crippen molar-refractivity contribution in [1.29, 1.82) is 0 Å². The Bertz CT molecular complexity index is 985. The number of halogens is 1. The fraction of sp³-hybridized carbons (Fsp3) is 0.211. The van der Waals surface area contributed by atoms with Crippen LogP contribution in [-0.2, 0) is 9.53 Å². The highest BCUT2D eigenvalue weighted by Crippen LogP contribution is 2.28. The number of aromatic nitrogens is 1. The summed E-state index contributed by atoms with van der Waals surface area (Å²) in [6, 6.07) is 9.58. The molecule has 0 fully saturated rings. The van der Waals surface area contributed by atoms with Crippen molar-refractivity contribution in [3.8, 4) is 5.75 Å². The lowest BCUT2D eigenvalue weighted by Gasteiger charge is -2.17. The number of ether oxygens (including phenoxy) is 2. The standard InChI is InChI=1S/C19H17ClN2O5/c1-3-15(18(23)22-14-9-12(20)5-7-16(14)25-2)27-19(24)11-4-6-13-17(8-11)26-10-21-13/h4-10,15H,3H2,1-2H3,(H,22,23). The van der Waals surface area contributed by atoms with E-state index >= 15 is 0 Å². The quantitative estimate of drug-likeness (QED) is 0.640. The van der Waals surface area contributed by atoms with E-state index in [4.69, 9.17) is 25.5 Å². The Hall–Kier alpha value is -3.06. The van der Waals surface area contributed by atoms with Crippen LogP contribution < -0.4 is 10.1 Å². The predicted octanol–water partition coefficient (Wildman–Crippen LogP) is 4.06. The number of nitrogens with one attached hydrogen (secondary N) is 1. The smallest absolute Gasteiger partial charge is 0.339 e. The third-order valence-corrected chi connectivity index (χ3v) is 4.13. The van der Waals surface area contributed by atoms with Crippen molar-refractivity contribution >= 4 is 40.3 Å². The van der Waals surface area contributed by atoms with Gasteiger partial charge in [0.25, 0.3) is 5.91 Å². The highest BCUT2D eigenvalue weighted by Gasteiger charge is 2.23. The number of oxazole rings is 1. The van der Waals surface area contributed by atoms with Gasteiger partial charge in [-0.2, -0.15) is 0 Å². The zero-order chi connectivity index (χ0) is 19.4. The maximum absolute atomic E-state index is 12.5.